The maximum absolute atomic E-state index is 13.9. The van der Waals surface area contributed by atoms with Crippen LogP contribution >= 0.6 is 0 Å². The number of fused-ring (bicyclic) bond motifs is 1. The van der Waals surface area contributed by atoms with Crippen LogP contribution in [0.2, 0.25) is 0 Å². The van der Waals surface area contributed by atoms with Gasteiger partial charge in [-0.2, -0.15) is 4.31 Å². The van der Waals surface area contributed by atoms with E-state index in [0.717, 1.165) is 25.5 Å². The molecule has 0 amide bonds. The van der Waals surface area contributed by atoms with Gasteiger partial charge in [0.1, 0.15) is 10.7 Å². The van der Waals surface area contributed by atoms with Crippen LogP contribution in [0.4, 0.5) is 10.1 Å². The van der Waals surface area contributed by atoms with Crippen LogP contribution < -0.4 is 5.73 Å². The molecule has 1 aromatic carbocycles. The molecule has 1 unspecified atom stereocenters. The highest BCUT2D eigenvalue weighted by Crippen LogP contribution is 2.27. The monoisotopic (exact) mass is 313 g/mol. The lowest BCUT2D eigenvalue weighted by Crippen LogP contribution is -2.56. The summed E-state index contributed by atoms with van der Waals surface area (Å²) in [6, 6.07) is 3.94. The fourth-order valence-corrected chi connectivity index (χ4v) is 4.77. The number of piperazine rings is 1. The lowest BCUT2D eigenvalue weighted by molar-refractivity contribution is 0.0851. The Kier molecular flexibility index (Phi) is 3.90. The Morgan fingerprint density at radius 1 is 1.19 bits per heavy atom. The molecule has 2 aliphatic heterocycles. The molecular formula is C14H20FN3O2S. The molecule has 0 spiro atoms. The smallest absolute Gasteiger partial charge is 0.246 e. The lowest BCUT2D eigenvalue weighted by atomic mass is 10.0. The highest BCUT2D eigenvalue weighted by molar-refractivity contribution is 7.89. The largest absolute Gasteiger partial charge is 0.399 e. The highest BCUT2D eigenvalue weighted by Gasteiger charge is 2.36. The summed E-state index contributed by atoms with van der Waals surface area (Å²) in [5.41, 5.74) is 5.86. The van der Waals surface area contributed by atoms with Gasteiger partial charge in [-0.1, -0.05) is 6.42 Å². The van der Waals surface area contributed by atoms with Crippen LogP contribution in [0.1, 0.15) is 19.3 Å². The molecule has 21 heavy (non-hydrogen) atoms. The van der Waals surface area contributed by atoms with Crippen LogP contribution in [0.25, 0.3) is 0 Å². The minimum Gasteiger partial charge on any atom is -0.399 e. The summed E-state index contributed by atoms with van der Waals surface area (Å²) in [6.07, 6.45) is 3.31. The van der Waals surface area contributed by atoms with Crippen LogP contribution in [0.3, 0.4) is 0 Å². The van der Waals surface area contributed by atoms with E-state index in [1.54, 1.807) is 0 Å². The third kappa shape index (κ3) is 2.77. The summed E-state index contributed by atoms with van der Waals surface area (Å²) < 4.78 is 40.6. The summed E-state index contributed by atoms with van der Waals surface area (Å²) in [6.45, 7) is 2.60. The molecule has 2 saturated heterocycles. The molecule has 1 atom stereocenters. The van der Waals surface area contributed by atoms with Crippen molar-refractivity contribution >= 4 is 15.7 Å². The van der Waals surface area contributed by atoms with Crippen molar-refractivity contribution < 1.29 is 12.8 Å². The molecule has 7 heteroatoms. The Bertz CT molecular complexity index is 635. The zero-order chi connectivity index (χ0) is 15.0. The third-order valence-corrected chi connectivity index (χ3v) is 6.25. The predicted molar refractivity (Wildman–Crippen MR) is 78.8 cm³/mol. The number of anilines is 1. The molecule has 0 radical (unpaired) electrons. The fraction of sp³-hybridized carbons (Fsp3) is 0.571. The molecule has 116 valence electrons. The standard InChI is InChI=1S/C14H20FN3O2S/c15-13-5-4-11(16)9-14(13)21(19,20)18-8-7-17-6-2-1-3-12(17)10-18/h4-5,9,12H,1-3,6-8,10,16H2. The van der Waals surface area contributed by atoms with Crippen molar-refractivity contribution in [2.24, 2.45) is 0 Å². The van der Waals surface area contributed by atoms with Gasteiger partial charge in [0.25, 0.3) is 0 Å². The molecule has 0 saturated carbocycles. The van der Waals surface area contributed by atoms with E-state index >= 15 is 0 Å². The predicted octanol–water partition coefficient (Wildman–Crippen LogP) is 1.27. The number of sulfonamides is 1. The second-order valence-electron chi connectivity index (χ2n) is 5.74. The van der Waals surface area contributed by atoms with Crippen molar-refractivity contribution in [2.75, 3.05) is 31.9 Å². The molecule has 0 bridgehead atoms. The van der Waals surface area contributed by atoms with Gasteiger partial charge in [-0.15, -0.1) is 0 Å². The zero-order valence-corrected chi connectivity index (χ0v) is 12.7. The first-order chi connectivity index (χ1) is 9.98. The number of halogens is 1. The van der Waals surface area contributed by atoms with Crippen LogP contribution in [0.15, 0.2) is 23.1 Å². The molecule has 2 aliphatic rings. The molecular weight excluding hydrogens is 293 g/mol. The molecule has 2 heterocycles. The lowest BCUT2D eigenvalue weighted by Gasteiger charge is -2.43. The van der Waals surface area contributed by atoms with Gasteiger partial charge in [-0.3, -0.25) is 4.90 Å². The summed E-state index contributed by atoms with van der Waals surface area (Å²) in [7, 11) is -3.81. The van der Waals surface area contributed by atoms with E-state index in [1.807, 2.05) is 0 Å². The molecule has 2 fully saturated rings. The molecule has 5 nitrogen and oxygen atoms in total. The number of nitrogens with zero attached hydrogens (tertiary/aromatic N) is 2. The van der Waals surface area contributed by atoms with Crippen molar-refractivity contribution in [3.05, 3.63) is 24.0 Å². The molecule has 0 aliphatic carbocycles. The first-order valence-corrected chi connectivity index (χ1v) is 8.72. The Morgan fingerprint density at radius 2 is 2.00 bits per heavy atom. The Hall–Kier alpha value is -1.18. The van der Waals surface area contributed by atoms with E-state index < -0.39 is 15.8 Å². The first kappa shape index (κ1) is 14.7. The van der Waals surface area contributed by atoms with E-state index in [-0.39, 0.29) is 16.6 Å². The Morgan fingerprint density at radius 3 is 2.81 bits per heavy atom. The topological polar surface area (TPSA) is 66.6 Å². The SMILES string of the molecule is Nc1ccc(F)c(S(=O)(=O)N2CCN3CCCCC3C2)c1. The number of piperidine rings is 1. The molecule has 1 aromatic rings. The normalized spacial score (nSPS) is 24.7. The first-order valence-electron chi connectivity index (χ1n) is 7.28. The molecule has 3 rings (SSSR count). The van der Waals surface area contributed by atoms with Gasteiger partial charge in [0.2, 0.25) is 10.0 Å². The van der Waals surface area contributed by atoms with Crippen molar-refractivity contribution in [3.8, 4) is 0 Å². The minimum atomic E-state index is -3.81. The van der Waals surface area contributed by atoms with E-state index in [9.17, 15) is 12.8 Å². The Balaban J connectivity index is 1.86. The second-order valence-corrected chi connectivity index (χ2v) is 7.64. The highest BCUT2D eigenvalue weighted by atomic mass is 32.2. The van der Waals surface area contributed by atoms with Crippen LogP contribution in [-0.2, 0) is 10.0 Å². The van der Waals surface area contributed by atoms with Crippen molar-refractivity contribution in [3.63, 3.8) is 0 Å². The van der Waals surface area contributed by atoms with E-state index in [2.05, 4.69) is 4.90 Å². The second kappa shape index (κ2) is 5.55. The van der Waals surface area contributed by atoms with Gasteiger partial charge < -0.3 is 5.73 Å². The van der Waals surface area contributed by atoms with Crippen LogP contribution in [0.5, 0.6) is 0 Å². The number of hydrogen-bond acceptors (Lipinski definition) is 4. The summed E-state index contributed by atoms with van der Waals surface area (Å²) in [5, 5.41) is 0. The summed E-state index contributed by atoms with van der Waals surface area (Å²) >= 11 is 0. The number of nitrogens with two attached hydrogens (primary N) is 1. The fourth-order valence-electron chi connectivity index (χ4n) is 3.20. The van der Waals surface area contributed by atoms with Gasteiger partial charge in [0, 0.05) is 31.4 Å². The van der Waals surface area contributed by atoms with Gasteiger partial charge in [0.15, 0.2) is 0 Å². The number of hydrogen-bond donors (Lipinski definition) is 1. The number of rotatable bonds is 2. The summed E-state index contributed by atoms with van der Waals surface area (Å²) in [5.74, 6) is -0.740. The van der Waals surface area contributed by atoms with Gasteiger partial charge in [-0.25, -0.2) is 12.8 Å². The van der Waals surface area contributed by atoms with Gasteiger partial charge in [0.05, 0.1) is 0 Å². The quantitative estimate of drug-likeness (QED) is 0.835. The summed E-state index contributed by atoms with van der Waals surface area (Å²) in [4.78, 5) is 2.03. The van der Waals surface area contributed by atoms with Crippen molar-refractivity contribution in [2.45, 2.75) is 30.2 Å². The van der Waals surface area contributed by atoms with Gasteiger partial charge >= 0.3 is 0 Å². The molecule has 2 N–H and O–H groups in total. The maximum Gasteiger partial charge on any atom is 0.246 e. The van der Waals surface area contributed by atoms with E-state index in [1.165, 1.54) is 22.9 Å². The van der Waals surface area contributed by atoms with Crippen molar-refractivity contribution in [1.82, 2.24) is 9.21 Å². The average Bonchev–Trinajstić information content (AvgIpc) is 2.49. The number of benzene rings is 1. The van der Waals surface area contributed by atoms with E-state index in [4.69, 9.17) is 5.73 Å². The molecule has 0 aromatic heterocycles. The van der Waals surface area contributed by atoms with Crippen LogP contribution in [0, 0.1) is 5.82 Å². The van der Waals surface area contributed by atoms with Crippen LogP contribution in [-0.4, -0.2) is 49.8 Å². The average molecular weight is 313 g/mol. The minimum absolute atomic E-state index is 0.256. The van der Waals surface area contributed by atoms with E-state index in [0.29, 0.717) is 19.6 Å². The maximum atomic E-state index is 13.9. The Labute approximate surface area is 124 Å². The number of nitrogen functional groups attached to an aromatic ring is 1. The van der Waals surface area contributed by atoms with Gasteiger partial charge in [-0.05, 0) is 37.6 Å². The third-order valence-electron chi connectivity index (χ3n) is 4.37. The zero-order valence-electron chi connectivity index (χ0n) is 11.8. The van der Waals surface area contributed by atoms with Crippen molar-refractivity contribution in [1.29, 1.82) is 0 Å².